The molecular formula is C21H19NO4. The number of amides is 1. The minimum atomic E-state index is -0.635. The molecule has 4 rings (SSSR count). The second-order valence-corrected chi connectivity index (χ2v) is 6.12. The van der Waals surface area contributed by atoms with Crippen LogP contribution in [0, 0.1) is 0 Å². The van der Waals surface area contributed by atoms with Crippen molar-refractivity contribution in [3.63, 3.8) is 0 Å². The molecule has 0 unspecified atom stereocenters. The molecule has 0 spiro atoms. The molecule has 0 radical (unpaired) electrons. The van der Waals surface area contributed by atoms with Crippen LogP contribution in [0.3, 0.4) is 0 Å². The van der Waals surface area contributed by atoms with Gasteiger partial charge in [0, 0.05) is 11.8 Å². The zero-order chi connectivity index (χ0) is 17.9. The predicted molar refractivity (Wildman–Crippen MR) is 100 cm³/mol. The van der Waals surface area contributed by atoms with Gasteiger partial charge in [-0.25, -0.2) is 0 Å². The standard InChI is InChI=1S/C21H19NO4/c1-14(26-18-8-6-15-4-2-3-5-16(15)12-18)21(23)22-17-7-9-19-20(13-17)25-11-10-24-19/h2-9,12-14H,10-11H2,1H3,(H,22,23)/t14-/m1/s1. The molecule has 1 aliphatic heterocycles. The van der Waals surface area contributed by atoms with Crippen LogP contribution in [0.15, 0.2) is 60.7 Å². The molecule has 5 heteroatoms. The molecule has 0 saturated heterocycles. The number of rotatable bonds is 4. The van der Waals surface area contributed by atoms with E-state index < -0.39 is 6.10 Å². The van der Waals surface area contributed by atoms with Crippen LogP contribution in [0.25, 0.3) is 10.8 Å². The fourth-order valence-electron chi connectivity index (χ4n) is 2.86. The summed E-state index contributed by atoms with van der Waals surface area (Å²) in [5, 5.41) is 5.06. The van der Waals surface area contributed by atoms with Gasteiger partial charge in [-0.1, -0.05) is 30.3 Å². The lowest BCUT2D eigenvalue weighted by atomic mass is 10.1. The first kappa shape index (κ1) is 16.3. The maximum atomic E-state index is 12.4. The summed E-state index contributed by atoms with van der Waals surface area (Å²) >= 11 is 0. The van der Waals surface area contributed by atoms with Gasteiger partial charge in [0.1, 0.15) is 19.0 Å². The van der Waals surface area contributed by atoms with Crippen molar-refractivity contribution in [3.05, 3.63) is 60.7 Å². The van der Waals surface area contributed by atoms with Crippen molar-refractivity contribution in [3.8, 4) is 17.2 Å². The molecule has 1 atom stereocenters. The van der Waals surface area contributed by atoms with Crippen molar-refractivity contribution in [2.75, 3.05) is 18.5 Å². The van der Waals surface area contributed by atoms with E-state index in [4.69, 9.17) is 14.2 Å². The fraction of sp³-hybridized carbons (Fsp3) is 0.190. The molecule has 3 aromatic carbocycles. The molecule has 1 amide bonds. The van der Waals surface area contributed by atoms with Crippen LogP contribution in [0.2, 0.25) is 0 Å². The molecule has 5 nitrogen and oxygen atoms in total. The van der Waals surface area contributed by atoms with E-state index in [1.165, 1.54) is 0 Å². The highest BCUT2D eigenvalue weighted by Gasteiger charge is 2.17. The molecule has 1 aliphatic rings. The summed E-state index contributed by atoms with van der Waals surface area (Å²) in [6, 6.07) is 19.1. The number of benzene rings is 3. The van der Waals surface area contributed by atoms with Crippen molar-refractivity contribution >= 4 is 22.4 Å². The average Bonchev–Trinajstić information content (AvgIpc) is 2.67. The van der Waals surface area contributed by atoms with Gasteiger partial charge in [0.25, 0.3) is 5.91 Å². The Balaban J connectivity index is 1.44. The smallest absolute Gasteiger partial charge is 0.265 e. The summed E-state index contributed by atoms with van der Waals surface area (Å²) in [4.78, 5) is 12.4. The Bertz CT molecular complexity index is 954. The third kappa shape index (κ3) is 3.42. The summed E-state index contributed by atoms with van der Waals surface area (Å²) in [5.74, 6) is 1.76. The molecule has 26 heavy (non-hydrogen) atoms. The monoisotopic (exact) mass is 349 g/mol. The normalized spacial score (nSPS) is 13.9. The second kappa shape index (κ2) is 6.96. The Kier molecular flexibility index (Phi) is 4.35. The van der Waals surface area contributed by atoms with E-state index in [0.717, 1.165) is 10.8 Å². The number of anilines is 1. The van der Waals surface area contributed by atoms with Gasteiger partial charge >= 0.3 is 0 Å². The number of carbonyl (C=O) groups is 1. The van der Waals surface area contributed by atoms with Crippen LogP contribution in [-0.2, 0) is 4.79 Å². The van der Waals surface area contributed by atoms with Gasteiger partial charge in [0.2, 0.25) is 0 Å². The van der Waals surface area contributed by atoms with Crippen LogP contribution in [-0.4, -0.2) is 25.2 Å². The number of ether oxygens (including phenoxy) is 3. The highest BCUT2D eigenvalue weighted by Crippen LogP contribution is 2.32. The molecule has 0 fully saturated rings. The Morgan fingerprint density at radius 3 is 2.58 bits per heavy atom. The maximum absolute atomic E-state index is 12.4. The first-order valence-electron chi connectivity index (χ1n) is 8.55. The van der Waals surface area contributed by atoms with Crippen molar-refractivity contribution in [1.82, 2.24) is 0 Å². The Labute approximate surface area is 151 Å². The van der Waals surface area contributed by atoms with Crippen molar-refractivity contribution in [2.24, 2.45) is 0 Å². The summed E-state index contributed by atoms with van der Waals surface area (Å²) in [6.45, 7) is 2.77. The third-order valence-electron chi connectivity index (χ3n) is 4.21. The highest BCUT2D eigenvalue weighted by atomic mass is 16.6. The van der Waals surface area contributed by atoms with Gasteiger partial charge in [0.15, 0.2) is 17.6 Å². The SMILES string of the molecule is C[C@@H](Oc1ccc2ccccc2c1)C(=O)Nc1ccc2c(c1)OCCO2. The lowest BCUT2D eigenvalue weighted by molar-refractivity contribution is -0.122. The van der Waals surface area contributed by atoms with E-state index in [1.54, 1.807) is 25.1 Å². The third-order valence-corrected chi connectivity index (χ3v) is 4.21. The molecule has 1 N–H and O–H groups in total. The van der Waals surface area contributed by atoms with Gasteiger partial charge in [-0.3, -0.25) is 4.79 Å². The van der Waals surface area contributed by atoms with Crippen molar-refractivity contribution < 1.29 is 19.0 Å². The van der Waals surface area contributed by atoms with Crippen molar-refractivity contribution in [2.45, 2.75) is 13.0 Å². The van der Waals surface area contributed by atoms with Crippen LogP contribution >= 0.6 is 0 Å². The number of hydrogen-bond acceptors (Lipinski definition) is 4. The van der Waals surface area contributed by atoms with Gasteiger partial charge < -0.3 is 19.5 Å². The number of hydrogen-bond donors (Lipinski definition) is 1. The van der Waals surface area contributed by atoms with Crippen LogP contribution in [0.1, 0.15) is 6.92 Å². The van der Waals surface area contributed by atoms with Gasteiger partial charge in [0.05, 0.1) is 0 Å². The number of fused-ring (bicyclic) bond motifs is 2. The van der Waals surface area contributed by atoms with Gasteiger partial charge in [-0.05, 0) is 42.0 Å². The van der Waals surface area contributed by atoms with Crippen LogP contribution in [0.5, 0.6) is 17.2 Å². The zero-order valence-electron chi connectivity index (χ0n) is 14.4. The van der Waals surface area contributed by atoms with E-state index >= 15 is 0 Å². The summed E-state index contributed by atoms with van der Waals surface area (Å²) in [6.07, 6.45) is -0.635. The maximum Gasteiger partial charge on any atom is 0.265 e. The summed E-state index contributed by atoms with van der Waals surface area (Å²) < 4.78 is 16.8. The molecule has 3 aromatic rings. The average molecular weight is 349 g/mol. The Morgan fingerprint density at radius 1 is 0.962 bits per heavy atom. The van der Waals surface area contributed by atoms with E-state index in [1.807, 2.05) is 42.5 Å². The Morgan fingerprint density at radius 2 is 1.73 bits per heavy atom. The highest BCUT2D eigenvalue weighted by molar-refractivity contribution is 5.94. The molecular weight excluding hydrogens is 330 g/mol. The minimum Gasteiger partial charge on any atom is -0.486 e. The quantitative estimate of drug-likeness (QED) is 0.773. The topological polar surface area (TPSA) is 56.8 Å². The van der Waals surface area contributed by atoms with Crippen LogP contribution in [0.4, 0.5) is 5.69 Å². The zero-order valence-corrected chi connectivity index (χ0v) is 14.4. The minimum absolute atomic E-state index is 0.227. The Hall–Kier alpha value is -3.21. The lowest BCUT2D eigenvalue weighted by Gasteiger charge is -2.20. The molecule has 0 saturated carbocycles. The first-order valence-corrected chi connectivity index (χ1v) is 8.55. The first-order chi connectivity index (χ1) is 12.7. The van der Waals surface area contributed by atoms with E-state index in [9.17, 15) is 4.79 Å². The molecule has 132 valence electrons. The number of nitrogens with one attached hydrogen (secondary N) is 1. The summed E-state index contributed by atoms with van der Waals surface area (Å²) in [7, 11) is 0. The molecule has 1 heterocycles. The second-order valence-electron chi connectivity index (χ2n) is 6.12. The van der Waals surface area contributed by atoms with Gasteiger partial charge in [-0.15, -0.1) is 0 Å². The number of carbonyl (C=O) groups excluding carboxylic acids is 1. The lowest BCUT2D eigenvalue weighted by Crippen LogP contribution is -2.30. The fourth-order valence-corrected chi connectivity index (χ4v) is 2.86. The van der Waals surface area contributed by atoms with E-state index in [0.29, 0.717) is 36.1 Å². The predicted octanol–water partition coefficient (Wildman–Crippen LogP) is 4.02. The molecule has 0 aromatic heterocycles. The molecule has 0 aliphatic carbocycles. The van der Waals surface area contributed by atoms with E-state index in [-0.39, 0.29) is 5.91 Å². The van der Waals surface area contributed by atoms with Crippen LogP contribution < -0.4 is 19.5 Å². The molecule has 0 bridgehead atoms. The largest absolute Gasteiger partial charge is 0.486 e. The van der Waals surface area contributed by atoms with Crippen molar-refractivity contribution in [1.29, 1.82) is 0 Å². The van der Waals surface area contributed by atoms with E-state index in [2.05, 4.69) is 5.32 Å². The van der Waals surface area contributed by atoms with Gasteiger partial charge in [-0.2, -0.15) is 0 Å². The summed E-state index contributed by atoms with van der Waals surface area (Å²) in [5.41, 5.74) is 0.646.